The molecule has 2 amide bonds. The van der Waals surface area contributed by atoms with Gasteiger partial charge in [0.25, 0.3) is 11.6 Å². The van der Waals surface area contributed by atoms with Crippen LogP contribution in [0.2, 0.25) is 0 Å². The van der Waals surface area contributed by atoms with Crippen LogP contribution in [0.1, 0.15) is 15.9 Å². The van der Waals surface area contributed by atoms with Gasteiger partial charge in [-0.15, -0.1) is 0 Å². The van der Waals surface area contributed by atoms with E-state index in [2.05, 4.69) is 5.32 Å². The Hall–Kier alpha value is -3.22. The number of non-ortho nitro benzene ring substituents is 1. The predicted molar refractivity (Wildman–Crippen MR) is 83.7 cm³/mol. The first-order chi connectivity index (χ1) is 11.0. The van der Waals surface area contributed by atoms with Gasteiger partial charge < -0.3 is 11.1 Å². The van der Waals surface area contributed by atoms with Gasteiger partial charge in [-0.3, -0.25) is 19.7 Å². The van der Waals surface area contributed by atoms with E-state index in [1.165, 1.54) is 24.3 Å². The summed E-state index contributed by atoms with van der Waals surface area (Å²) in [4.78, 5) is 33.7. The molecule has 23 heavy (non-hydrogen) atoms. The van der Waals surface area contributed by atoms with Gasteiger partial charge in [-0.1, -0.05) is 30.3 Å². The highest BCUT2D eigenvalue weighted by Gasteiger charge is 2.19. The Balaban J connectivity index is 2.08. The molecule has 0 spiro atoms. The lowest BCUT2D eigenvalue weighted by molar-refractivity contribution is -0.384. The summed E-state index contributed by atoms with van der Waals surface area (Å²) in [7, 11) is 0. The molecule has 0 radical (unpaired) electrons. The summed E-state index contributed by atoms with van der Waals surface area (Å²) in [5.41, 5.74) is 6.36. The molecule has 7 heteroatoms. The smallest absolute Gasteiger partial charge is 0.269 e. The van der Waals surface area contributed by atoms with Crippen molar-refractivity contribution in [2.75, 3.05) is 0 Å². The summed E-state index contributed by atoms with van der Waals surface area (Å²) in [6.45, 7) is 0. The average Bonchev–Trinajstić information content (AvgIpc) is 2.55. The summed E-state index contributed by atoms with van der Waals surface area (Å²) < 4.78 is 0. The second-order valence-electron chi connectivity index (χ2n) is 4.92. The molecule has 0 unspecified atom stereocenters. The molecule has 7 nitrogen and oxygen atoms in total. The van der Waals surface area contributed by atoms with E-state index >= 15 is 0 Å². The summed E-state index contributed by atoms with van der Waals surface area (Å²) in [6, 6.07) is 13.3. The lowest BCUT2D eigenvalue weighted by Gasteiger charge is -2.15. The van der Waals surface area contributed by atoms with Gasteiger partial charge in [0.1, 0.15) is 6.04 Å². The van der Waals surface area contributed by atoms with Crippen LogP contribution >= 0.6 is 0 Å². The van der Waals surface area contributed by atoms with E-state index in [9.17, 15) is 19.7 Å². The van der Waals surface area contributed by atoms with Gasteiger partial charge in [0.15, 0.2) is 0 Å². The number of primary amides is 1. The van der Waals surface area contributed by atoms with Crippen molar-refractivity contribution in [3.8, 4) is 0 Å². The third kappa shape index (κ3) is 4.37. The molecule has 0 aromatic heterocycles. The van der Waals surface area contributed by atoms with E-state index in [1.54, 1.807) is 30.3 Å². The third-order valence-corrected chi connectivity index (χ3v) is 3.27. The van der Waals surface area contributed by atoms with Gasteiger partial charge in [0, 0.05) is 24.1 Å². The molecule has 2 aromatic rings. The van der Waals surface area contributed by atoms with Crippen LogP contribution in [-0.2, 0) is 11.2 Å². The van der Waals surface area contributed by atoms with Crippen molar-refractivity contribution in [3.05, 3.63) is 75.8 Å². The minimum atomic E-state index is -0.899. The van der Waals surface area contributed by atoms with Crippen LogP contribution in [0, 0.1) is 10.1 Å². The number of hydrogen-bond donors (Lipinski definition) is 2. The highest BCUT2D eigenvalue weighted by molar-refractivity contribution is 5.97. The molecule has 118 valence electrons. The maximum Gasteiger partial charge on any atom is 0.269 e. The zero-order valence-corrected chi connectivity index (χ0v) is 12.1. The fraction of sp³-hybridized carbons (Fsp3) is 0.125. The van der Waals surface area contributed by atoms with Crippen LogP contribution in [0.15, 0.2) is 54.6 Å². The molecule has 0 saturated heterocycles. The molecular weight excluding hydrogens is 298 g/mol. The van der Waals surface area contributed by atoms with Crippen molar-refractivity contribution in [1.82, 2.24) is 5.32 Å². The maximum atomic E-state index is 12.1. The van der Waals surface area contributed by atoms with Crippen molar-refractivity contribution in [2.45, 2.75) is 12.5 Å². The second kappa shape index (κ2) is 7.17. The first-order valence-electron chi connectivity index (χ1n) is 6.86. The van der Waals surface area contributed by atoms with Crippen LogP contribution in [-0.4, -0.2) is 22.8 Å². The minimum absolute atomic E-state index is 0.0438. The Morgan fingerprint density at radius 2 is 1.70 bits per heavy atom. The lowest BCUT2D eigenvalue weighted by Crippen LogP contribution is -2.45. The number of nitro groups is 1. The zero-order chi connectivity index (χ0) is 16.8. The average molecular weight is 313 g/mol. The number of nitrogens with zero attached hydrogens (tertiary/aromatic N) is 1. The first kappa shape index (κ1) is 16.2. The Kier molecular flexibility index (Phi) is 5.03. The molecule has 1 atom stereocenters. The molecule has 0 bridgehead atoms. The predicted octanol–water partition coefficient (Wildman–Crippen LogP) is 1.42. The molecule has 0 saturated carbocycles. The van der Waals surface area contributed by atoms with E-state index in [0.29, 0.717) is 11.1 Å². The van der Waals surface area contributed by atoms with Crippen molar-refractivity contribution >= 4 is 17.5 Å². The number of nitrogens with two attached hydrogens (primary N) is 1. The molecule has 0 aliphatic carbocycles. The standard InChI is InChI=1S/C16H15N3O4/c17-15(20)14(18-16(21)12-4-2-1-3-5-12)10-11-6-8-13(9-7-11)19(22)23/h1-9,14H,10H2,(H2,17,20)(H,18,21)/t14-/m1/s1. The van der Waals surface area contributed by atoms with Gasteiger partial charge in [-0.05, 0) is 17.7 Å². The summed E-state index contributed by atoms with van der Waals surface area (Å²) >= 11 is 0. The molecule has 0 aliphatic heterocycles. The van der Waals surface area contributed by atoms with Gasteiger partial charge in [0.05, 0.1) is 4.92 Å². The van der Waals surface area contributed by atoms with Crippen molar-refractivity contribution in [3.63, 3.8) is 0 Å². The zero-order valence-electron chi connectivity index (χ0n) is 12.1. The largest absolute Gasteiger partial charge is 0.368 e. The first-order valence-corrected chi connectivity index (χ1v) is 6.86. The summed E-state index contributed by atoms with van der Waals surface area (Å²) in [6.07, 6.45) is 0.159. The molecule has 0 heterocycles. The minimum Gasteiger partial charge on any atom is -0.368 e. The topological polar surface area (TPSA) is 115 Å². The lowest BCUT2D eigenvalue weighted by atomic mass is 10.0. The Morgan fingerprint density at radius 1 is 1.09 bits per heavy atom. The van der Waals surface area contributed by atoms with E-state index < -0.39 is 22.8 Å². The van der Waals surface area contributed by atoms with Gasteiger partial charge in [-0.2, -0.15) is 0 Å². The van der Waals surface area contributed by atoms with Gasteiger partial charge in [0.2, 0.25) is 5.91 Å². The van der Waals surface area contributed by atoms with E-state index in [1.807, 2.05) is 0 Å². The number of nitrogens with one attached hydrogen (secondary N) is 1. The maximum absolute atomic E-state index is 12.1. The van der Waals surface area contributed by atoms with Crippen LogP contribution in [0.25, 0.3) is 0 Å². The SMILES string of the molecule is NC(=O)[C@@H](Cc1ccc([N+](=O)[O-])cc1)NC(=O)c1ccccc1. The second-order valence-corrected chi connectivity index (χ2v) is 4.92. The number of carbonyl (C=O) groups is 2. The Labute approximate surface area is 132 Å². The molecule has 0 fully saturated rings. The van der Waals surface area contributed by atoms with Crippen LogP contribution in [0.5, 0.6) is 0 Å². The number of rotatable bonds is 6. The van der Waals surface area contributed by atoms with Crippen molar-refractivity contribution in [1.29, 1.82) is 0 Å². The summed E-state index contributed by atoms with van der Waals surface area (Å²) in [5.74, 6) is -1.08. The van der Waals surface area contributed by atoms with Crippen molar-refractivity contribution in [2.24, 2.45) is 5.73 Å². The van der Waals surface area contributed by atoms with E-state index in [0.717, 1.165) is 0 Å². The fourth-order valence-corrected chi connectivity index (χ4v) is 2.04. The third-order valence-electron chi connectivity index (χ3n) is 3.27. The van der Waals surface area contributed by atoms with E-state index in [-0.39, 0.29) is 12.1 Å². The normalized spacial score (nSPS) is 11.5. The highest BCUT2D eigenvalue weighted by Crippen LogP contribution is 2.13. The monoisotopic (exact) mass is 313 g/mol. The van der Waals surface area contributed by atoms with Crippen molar-refractivity contribution < 1.29 is 14.5 Å². The molecule has 2 aromatic carbocycles. The van der Waals surface area contributed by atoms with Crippen LogP contribution in [0.3, 0.4) is 0 Å². The number of carbonyl (C=O) groups excluding carboxylic acids is 2. The Morgan fingerprint density at radius 3 is 2.22 bits per heavy atom. The molecule has 2 rings (SSSR count). The summed E-state index contributed by atoms with van der Waals surface area (Å²) in [5, 5.41) is 13.2. The number of benzene rings is 2. The quantitative estimate of drug-likeness (QED) is 0.619. The van der Waals surface area contributed by atoms with E-state index in [4.69, 9.17) is 5.73 Å². The van der Waals surface area contributed by atoms with Gasteiger partial charge >= 0.3 is 0 Å². The molecule has 0 aliphatic rings. The number of amides is 2. The molecular formula is C16H15N3O4. The number of hydrogen-bond acceptors (Lipinski definition) is 4. The number of nitro benzene ring substituents is 1. The molecule has 3 N–H and O–H groups in total. The van der Waals surface area contributed by atoms with Crippen LogP contribution < -0.4 is 11.1 Å². The Bertz CT molecular complexity index is 714. The van der Waals surface area contributed by atoms with Gasteiger partial charge in [-0.25, -0.2) is 0 Å². The fourth-order valence-electron chi connectivity index (χ4n) is 2.04. The highest BCUT2D eigenvalue weighted by atomic mass is 16.6. The van der Waals surface area contributed by atoms with Crippen LogP contribution in [0.4, 0.5) is 5.69 Å².